The molecule has 168 valence electrons. The fourth-order valence-corrected chi connectivity index (χ4v) is 3.52. The highest BCUT2D eigenvalue weighted by Crippen LogP contribution is 2.33. The lowest BCUT2D eigenvalue weighted by molar-refractivity contribution is -0.139. The second kappa shape index (κ2) is 8.91. The molecule has 3 aromatic rings. The Morgan fingerprint density at radius 3 is 2.56 bits per heavy atom. The lowest BCUT2D eigenvalue weighted by atomic mass is 10.0. The van der Waals surface area contributed by atoms with E-state index in [4.69, 9.17) is 14.6 Å². The van der Waals surface area contributed by atoms with Gasteiger partial charge in [0.15, 0.2) is 5.78 Å². The zero-order valence-electron chi connectivity index (χ0n) is 19.6. The van der Waals surface area contributed by atoms with Crippen molar-refractivity contribution in [1.82, 2.24) is 9.78 Å². The first-order valence-electron chi connectivity index (χ1n) is 11.3. The molecule has 0 N–H and O–H groups in total. The molecule has 4 rings (SSSR count). The Balaban J connectivity index is 1.76. The van der Waals surface area contributed by atoms with Gasteiger partial charge in [0.05, 0.1) is 29.8 Å². The van der Waals surface area contributed by atoms with Gasteiger partial charge in [-0.25, -0.2) is 4.68 Å². The number of ketones is 1. The van der Waals surface area contributed by atoms with Crippen LogP contribution in [0.4, 0.5) is 0 Å². The van der Waals surface area contributed by atoms with Crippen LogP contribution in [0.2, 0.25) is 0 Å². The van der Waals surface area contributed by atoms with Crippen molar-refractivity contribution >= 4 is 5.78 Å². The number of nitrogens with zero attached hydrogens (tertiary/aromatic N) is 2. The van der Waals surface area contributed by atoms with Crippen molar-refractivity contribution in [3.8, 4) is 22.7 Å². The van der Waals surface area contributed by atoms with E-state index in [2.05, 4.69) is 44.2 Å². The topological polar surface area (TPSA) is 53.4 Å². The Morgan fingerprint density at radius 2 is 1.88 bits per heavy atom. The van der Waals surface area contributed by atoms with Crippen LogP contribution in [0.3, 0.4) is 0 Å². The molecule has 0 radical (unpaired) electrons. The molecule has 0 saturated heterocycles. The quantitative estimate of drug-likeness (QED) is 0.411. The maximum atomic E-state index is 11.9. The van der Waals surface area contributed by atoms with E-state index in [0.717, 1.165) is 41.2 Å². The molecule has 5 nitrogen and oxygen atoms in total. The third-order valence-corrected chi connectivity index (χ3v) is 5.93. The third kappa shape index (κ3) is 4.94. The SMILES string of the molecule is CC(=O)C(C)(C)OCc1cc(-c2cccc(OC3CC3)c2)n(-c2ccccc2C(C)C)n1. The maximum absolute atomic E-state index is 11.9. The van der Waals surface area contributed by atoms with E-state index >= 15 is 0 Å². The van der Waals surface area contributed by atoms with Gasteiger partial charge in [-0.2, -0.15) is 5.10 Å². The Labute approximate surface area is 190 Å². The number of hydrogen-bond donors (Lipinski definition) is 0. The van der Waals surface area contributed by atoms with Crippen molar-refractivity contribution in [1.29, 1.82) is 0 Å². The van der Waals surface area contributed by atoms with E-state index in [9.17, 15) is 4.79 Å². The summed E-state index contributed by atoms with van der Waals surface area (Å²) in [5.41, 5.74) is 4.20. The minimum atomic E-state index is -0.849. The minimum Gasteiger partial charge on any atom is -0.490 e. The Kier molecular flexibility index (Phi) is 6.20. The van der Waals surface area contributed by atoms with Crippen LogP contribution in [0.15, 0.2) is 54.6 Å². The van der Waals surface area contributed by atoms with Gasteiger partial charge in [-0.1, -0.05) is 44.2 Å². The monoisotopic (exact) mass is 432 g/mol. The summed E-state index contributed by atoms with van der Waals surface area (Å²) < 4.78 is 13.9. The smallest absolute Gasteiger partial charge is 0.161 e. The average Bonchev–Trinajstić information content (AvgIpc) is 3.47. The molecule has 0 amide bonds. The van der Waals surface area contributed by atoms with E-state index in [-0.39, 0.29) is 12.4 Å². The molecule has 0 spiro atoms. The van der Waals surface area contributed by atoms with Gasteiger partial charge in [0.2, 0.25) is 0 Å². The Bertz CT molecular complexity index is 1110. The number of carbonyl (C=O) groups is 1. The number of hydrogen-bond acceptors (Lipinski definition) is 4. The molecule has 2 aromatic carbocycles. The number of ether oxygens (including phenoxy) is 2. The molecule has 1 saturated carbocycles. The van der Waals surface area contributed by atoms with Gasteiger partial charge in [0.25, 0.3) is 0 Å². The lowest BCUT2D eigenvalue weighted by Crippen LogP contribution is -2.32. The van der Waals surface area contributed by atoms with Gasteiger partial charge in [0, 0.05) is 5.56 Å². The fourth-order valence-electron chi connectivity index (χ4n) is 3.52. The molecule has 0 aliphatic heterocycles. The number of benzene rings is 2. The van der Waals surface area contributed by atoms with Gasteiger partial charge < -0.3 is 9.47 Å². The predicted molar refractivity (Wildman–Crippen MR) is 126 cm³/mol. The van der Waals surface area contributed by atoms with Crippen molar-refractivity contribution in [2.24, 2.45) is 0 Å². The van der Waals surface area contributed by atoms with Crippen LogP contribution in [0.1, 0.15) is 64.6 Å². The summed E-state index contributed by atoms with van der Waals surface area (Å²) in [4.78, 5) is 11.9. The first-order chi connectivity index (χ1) is 15.2. The van der Waals surface area contributed by atoms with Gasteiger partial charge in [-0.05, 0) is 69.4 Å². The summed E-state index contributed by atoms with van der Waals surface area (Å²) in [5.74, 6) is 1.22. The normalized spacial score (nSPS) is 14.1. The molecular formula is C27H32N2O3. The number of rotatable bonds is 9. The Hall–Kier alpha value is -2.92. The molecule has 0 unspecified atom stereocenters. The van der Waals surface area contributed by atoms with Crippen LogP contribution in [0.25, 0.3) is 16.9 Å². The van der Waals surface area contributed by atoms with Gasteiger partial charge >= 0.3 is 0 Å². The van der Waals surface area contributed by atoms with Crippen LogP contribution in [-0.2, 0) is 16.1 Å². The second-order valence-electron chi connectivity index (χ2n) is 9.35. The zero-order valence-corrected chi connectivity index (χ0v) is 19.6. The van der Waals surface area contributed by atoms with E-state index < -0.39 is 5.60 Å². The molecule has 0 atom stereocenters. The largest absolute Gasteiger partial charge is 0.490 e. The van der Waals surface area contributed by atoms with Crippen molar-refractivity contribution in [3.63, 3.8) is 0 Å². The number of para-hydroxylation sites is 1. The molecule has 1 aliphatic carbocycles. The first kappa shape index (κ1) is 22.3. The number of Topliss-reactive ketones (excluding diaryl/α,β-unsaturated/α-hetero) is 1. The number of aromatic nitrogens is 2. The number of carbonyl (C=O) groups excluding carboxylic acids is 1. The molecule has 0 bridgehead atoms. The molecule has 1 aromatic heterocycles. The van der Waals surface area contributed by atoms with Crippen LogP contribution in [-0.4, -0.2) is 27.3 Å². The summed E-state index contributed by atoms with van der Waals surface area (Å²) >= 11 is 0. The zero-order chi connectivity index (χ0) is 22.9. The standard InChI is InChI=1S/C27H32N2O3/c1-18(2)24-11-6-7-12-25(24)29-26(16-21(28-29)17-31-27(4,5)19(3)30)20-9-8-10-23(15-20)32-22-13-14-22/h6-12,15-16,18,22H,13-14,17H2,1-5H3. The lowest BCUT2D eigenvalue weighted by Gasteiger charge is -2.21. The van der Waals surface area contributed by atoms with Crippen LogP contribution in [0, 0.1) is 0 Å². The summed E-state index contributed by atoms with van der Waals surface area (Å²) in [7, 11) is 0. The van der Waals surface area contributed by atoms with E-state index in [1.54, 1.807) is 20.8 Å². The second-order valence-corrected chi connectivity index (χ2v) is 9.35. The first-order valence-corrected chi connectivity index (χ1v) is 11.3. The summed E-state index contributed by atoms with van der Waals surface area (Å²) in [6, 6.07) is 18.6. The molecule has 1 fully saturated rings. The molecule has 32 heavy (non-hydrogen) atoms. The molecular weight excluding hydrogens is 400 g/mol. The highest BCUT2D eigenvalue weighted by molar-refractivity contribution is 5.83. The maximum Gasteiger partial charge on any atom is 0.161 e. The Morgan fingerprint density at radius 1 is 1.12 bits per heavy atom. The van der Waals surface area contributed by atoms with Crippen LogP contribution in [0.5, 0.6) is 5.75 Å². The van der Waals surface area contributed by atoms with Crippen molar-refractivity contribution in [2.75, 3.05) is 0 Å². The summed E-state index contributed by atoms with van der Waals surface area (Å²) in [6.45, 7) is 9.76. The molecule has 1 aliphatic rings. The summed E-state index contributed by atoms with van der Waals surface area (Å²) in [5, 5.41) is 4.90. The summed E-state index contributed by atoms with van der Waals surface area (Å²) in [6.07, 6.45) is 2.59. The van der Waals surface area contributed by atoms with E-state index in [1.165, 1.54) is 5.56 Å². The van der Waals surface area contributed by atoms with Crippen molar-refractivity contribution in [2.45, 2.75) is 71.7 Å². The van der Waals surface area contributed by atoms with Gasteiger partial charge in [-0.15, -0.1) is 0 Å². The molecule has 5 heteroatoms. The minimum absolute atomic E-state index is 0.00719. The average molecular weight is 433 g/mol. The highest BCUT2D eigenvalue weighted by atomic mass is 16.5. The van der Waals surface area contributed by atoms with Crippen molar-refractivity contribution < 1.29 is 14.3 Å². The van der Waals surface area contributed by atoms with Crippen LogP contribution >= 0.6 is 0 Å². The van der Waals surface area contributed by atoms with E-state index in [1.807, 2.05) is 28.9 Å². The van der Waals surface area contributed by atoms with Gasteiger partial charge in [0.1, 0.15) is 11.4 Å². The molecule has 1 heterocycles. The third-order valence-electron chi connectivity index (χ3n) is 5.93. The van der Waals surface area contributed by atoms with Crippen LogP contribution < -0.4 is 4.74 Å². The predicted octanol–water partition coefficient (Wildman–Crippen LogP) is 6.09. The van der Waals surface area contributed by atoms with Gasteiger partial charge in [-0.3, -0.25) is 4.79 Å². The van der Waals surface area contributed by atoms with Crippen molar-refractivity contribution in [3.05, 3.63) is 65.9 Å². The van der Waals surface area contributed by atoms with E-state index in [0.29, 0.717) is 12.0 Å². The fraction of sp³-hybridized carbons (Fsp3) is 0.407. The highest BCUT2D eigenvalue weighted by Gasteiger charge is 2.26.